The van der Waals surface area contributed by atoms with E-state index in [-0.39, 0.29) is 16.8 Å². The summed E-state index contributed by atoms with van der Waals surface area (Å²) in [7, 11) is 1.87. The summed E-state index contributed by atoms with van der Waals surface area (Å²) in [6, 6.07) is 3.72. The maximum absolute atomic E-state index is 14.2. The SMILES string of the molecule is CCC(C)N(C)c1ccc(C(N)=S)c(Br)c1F. The molecule has 2 N–H and O–H groups in total. The highest BCUT2D eigenvalue weighted by molar-refractivity contribution is 9.10. The largest absolute Gasteiger partial charge is 0.389 e. The van der Waals surface area contributed by atoms with Crippen molar-refractivity contribution in [3.05, 3.63) is 28.0 Å². The fraction of sp³-hybridized carbons (Fsp3) is 0.417. The molecule has 0 aliphatic carbocycles. The molecule has 0 spiro atoms. The van der Waals surface area contributed by atoms with Crippen LogP contribution in [0.5, 0.6) is 0 Å². The Kier molecular flexibility index (Phi) is 4.89. The van der Waals surface area contributed by atoms with Crippen molar-refractivity contribution in [2.24, 2.45) is 5.73 Å². The summed E-state index contributed by atoms with van der Waals surface area (Å²) >= 11 is 8.06. The number of hydrogen-bond donors (Lipinski definition) is 1. The summed E-state index contributed by atoms with van der Waals surface area (Å²) in [6.07, 6.45) is 0.949. The molecule has 1 aromatic rings. The normalized spacial score (nSPS) is 12.3. The van der Waals surface area contributed by atoms with Gasteiger partial charge in [-0.3, -0.25) is 0 Å². The van der Waals surface area contributed by atoms with E-state index in [0.717, 1.165) is 6.42 Å². The van der Waals surface area contributed by atoms with Gasteiger partial charge in [0.15, 0.2) is 5.82 Å². The van der Waals surface area contributed by atoms with E-state index in [1.54, 1.807) is 12.1 Å². The van der Waals surface area contributed by atoms with Crippen LogP contribution >= 0.6 is 28.1 Å². The Morgan fingerprint density at radius 1 is 1.59 bits per heavy atom. The molecule has 0 aliphatic rings. The number of hydrogen-bond acceptors (Lipinski definition) is 2. The third-order valence-electron chi connectivity index (χ3n) is 2.96. The molecule has 0 saturated carbocycles. The molecule has 2 nitrogen and oxygen atoms in total. The van der Waals surface area contributed by atoms with Crippen LogP contribution in [0.25, 0.3) is 0 Å². The lowest BCUT2D eigenvalue weighted by Gasteiger charge is -2.27. The van der Waals surface area contributed by atoms with Crippen molar-refractivity contribution in [1.82, 2.24) is 0 Å². The third-order valence-corrected chi connectivity index (χ3v) is 3.95. The Labute approximate surface area is 115 Å². The Morgan fingerprint density at radius 3 is 2.65 bits per heavy atom. The van der Waals surface area contributed by atoms with Crippen LogP contribution in [0.4, 0.5) is 10.1 Å². The second kappa shape index (κ2) is 5.78. The monoisotopic (exact) mass is 318 g/mol. The summed E-state index contributed by atoms with van der Waals surface area (Å²) in [5.41, 5.74) is 6.59. The van der Waals surface area contributed by atoms with Crippen LogP contribution in [-0.4, -0.2) is 18.1 Å². The van der Waals surface area contributed by atoms with Crippen LogP contribution in [0.2, 0.25) is 0 Å². The molecule has 17 heavy (non-hydrogen) atoms. The van der Waals surface area contributed by atoms with E-state index in [0.29, 0.717) is 15.7 Å². The van der Waals surface area contributed by atoms with Crippen LogP contribution < -0.4 is 10.6 Å². The van der Waals surface area contributed by atoms with Gasteiger partial charge in [-0.25, -0.2) is 4.39 Å². The van der Waals surface area contributed by atoms with Gasteiger partial charge in [-0.1, -0.05) is 19.1 Å². The van der Waals surface area contributed by atoms with Crippen molar-refractivity contribution in [3.8, 4) is 0 Å². The number of nitrogens with two attached hydrogens (primary N) is 1. The Hall–Kier alpha value is -0.680. The number of halogens is 2. The molecule has 0 saturated heterocycles. The van der Waals surface area contributed by atoms with E-state index in [4.69, 9.17) is 18.0 Å². The molecular weight excluding hydrogens is 303 g/mol. The Morgan fingerprint density at radius 2 is 2.18 bits per heavy atom. The van der Waals surface area contributed by atoms with Crippen LogP contribution in [0.3, 0.4) is 0 Å². The Bertz CT molecular complexity index is 437. The molecule has 5 heteroatoms. The number of rotatable bonds is 4. The van der Waals surface area contributed by atoms with Crippen LogP contribution in [0.1, 0.15) is 25.8 Å². The van der Waals surface area contributed by atoms with Crippen LogP contribution in [0.15, 0.2) is 16.6 Å². The zero-order chi connectivity index (χ0) is 13.2. The highest BCUT2D eigenvalue weighted by atomic mass is 79.9. The van der Waals surface area contributed by atoms with Gasteiger partial charge in [0.1, 0.15) is 4.99 Å². The molecule has 0 fully saturated rings. The van der Waals surface area contributed by atoms with E-state index >= 15 is 0 Å². The van der Waals surface area contributed by atoms with E-state index in [9.17, 15) is 4.39 Å². The molecule has 94 valence electrons. The molecule has 0 aromatic heterocycles. The minimum Gasteiger partial charge on any atom is -0.389 e. The second-order valence-corrected chi connectivity index (χ2v) is 5.23. The molecule has 0 heterocycles. The first-order valence-corrected chi connectivity index (χ1v) is 6.60. The summed E-state index contributed by atoms with van der Waals surface area (Å²) in [6.45, 7) is 4.12. The average molecular weight is 319 g/mol. The average Bonchev–Trinajstić information content (AvgIpc) is 2.30. The first kappa shape index (κ1) is 14.4. The molecule has 0 radical (unpaired) electrons. The predicted molar refractivity (Wildman–Crippen MR) is 78.1 cm³/mol. The Balaban J connectivity index is 3.21. The van der Waals surface area contributed by atoms with Gasteiger partial charge in [-0.15, -0.1) is 0 Å². The lowest BCUT2D eigenvalue weighted by Crippen LogP contribution is -2.29. The summed E-state index contributed by atoms with van der Waals surface area (Å²) in [5, 5.41) is 0. The lowest BCUT2D eigenvalue weighted by molar-refractivity contribution is 0.594. The number of thiocarbonyl (C=S) groups is 1. The summed E-state index contributed by atoms with van der Waals surface area (Å²) in [5.74, 6) is -0.321. The topological polar surface area (TPSA) is 29.3 Å². The summed E-state index contributed by atoms with van der Waals surface area (Å²) in [4.78, 5) is 2.09. The molecular formula is C12H16BrFN2S. The zero-order valence-corrected chi connectivity index (χ0v) is 12.5. The van der Waals surface area contributed by atoms with Crippen molar-refractivity contribution in [1.29, 1.82) is 0 Å². The predicted octanol–water partition coefficient (Wildman–Crippen LogP) is 3.46. The fourth-order valence-corrected chi connectivity index (χ4v) is 2.36. The highest BCUT2D eigenvalue weighted by Crippen LogP contribution is 2.30. The first-order valence-electron chi connectivity index (χ1n) is 5.40. The fourth-order valence-electron chi connectivity index (χ4n) is 1.51. The maximum atomic E-state index is 14.2. The van der Waals surface area contributed by atoms with Gasteiger partial charge in [0.05, 0.1) is 10.2 Å². The quantitative estimate of drug-likeness (QED) is 0.862. The van der Waals surface area contributed by atoms with Gasteiger partial charge in [0.2, 0.25) is 0 Å². The second-order valence-electron chi connectivity index (χ2n) is 3.99. The van der Waals surface area contributed by atoms with Crippen molar-refractivity contribution >= 4 is 38.8 Å². The molecule has 1 unspecified atom stereocenters. The van der Waals surface area contributed by atoms with E-state index in [2.05, 4.69) is 29.8 Å². The number of nitrogens with zero attached hydrogens (tertiary/aromatic N) is 1. The molecule has 0 amide bonds. The van der Waals surface area contributed by atoms with E-state index in [1.165, 1.54) is 0 Å². The van der Waals surface area contributed by atoms with Crippen molar-refractivity contribution in [3.63, 3.8) is 0 Å². The molecule has 1 atom stereocenters. The van der Waals surface area contributed by atoms with E-state index < -0.39 is 0 Å². The van der Waals surface area contributed by atoms with Gasteiger partial charge in [0.25, 0.3) is 0 Å². The minimum atomic E-state index is -0.321. The number of benzene rings is 1. The lowest BCUT2D eigenvalue weighted by atomic mass is 10.1. The van der Waals surface area contributed by atoms with Gasteiger partial charge in [0, 0.05) is 18.7 Å². The van der Waals surface area contributed by atoms with Gasteiger partial charge >= 0.3 is 0 Å². The molecule has 0 aliphatic heterocycles. The summed E-state index contributed by atoms with van der Waals surface area (Å²) < 4.78 is 14.5. The zero-order valence-electron chi connectivity index (χ0n) is 10.1. The van der Waals surface area contributed by atoms with Gasteiger partial charge in [-0.05, 0) is 41.4 Å². The number of anilines is 1. The van der Waals surface area contributed by atoms with Crippen molar-refractivity contribution < 1.29 is 4.39 Å². The highest BCUT2D eigenvalue weighted by Gasteiger charge is 2.17. The molecule has 1 aromatic carbocycles. The van der Waals surface area contributed by atoms with Crippen molar-refractivity contribution in [2.45, 2.75) is 26.3 Å². The third kappa shape index (κ3) is 2.96. The first-order chi connectivity index (χ1) is 7.90. The van der Waals surface area contributed by atoms with Crippen LogP contribution in [-0.2, 0) is 0 Å². The van der Waals surface area contributed by atoms with E-state index in [1.807, 2.05) is 11.9 Å². The van der Waals surface area contributed by atoms with Gasteiger partial charge < -0.3 is 10.6 Å². The van der Waals surface area contributed by atoms with Crippen molar-refractivity contribution in [2.75, 3.05) is 11.9 Å². The van der Waals surface area contributed by atoms with Crippen LogP contribution in [0, 0.1) is 5.82 Å². The standard InChI is InChI=1S/C12H16BrFN2S/c1-4-7(2)16(3)9-6-5-8(12(15)17)10(13)11(9)14/h5-7H,4H2,1-3H3,(H2,15,17). The van der Waals surface area contributed by atoms with Gasteiger partial charge in [-0.2, -0.15) is 0 Å². The minimum absolute atomic E-state index is 0.188. The smallest absolute Gasteiger partial charge is 0.161 e. The maximum Gasteiger partial charge on any atom is 0.161 e. The molecule has 0 bridgehead atoms. The molecule has 1 rings (SSSR count).